The third-order valence-electron chi connectivity index (χ3n) is 2.95. The van der Waals surface area contributed by atoms with Crippen LogP contribution in [0.5, 0.6) is 5.75 Å². The zero-order chi connectivity index (χ0) is 16.2. The number of amides is 1. The van der Waals surface area contributed by atoms with Gasteiger partial charge in [-0.3, -0.25) is 4.79 Å². The summed E-state index contributed by atoms with van der Waals surface area (Å²) in [4.78, 5) is 11.4. The molecule has 0 atom stereocenters. The van der Waals surface area contributed by atoms with Crippen molar-refractivity contribution in [1.29, 1.82) is 5.26 Å². The standard InChI is InChI=1S/C13H15ClN2O4S/c1-8-6-11(21(14,18)19)9(2)10(3)13(8)20-7-12(17)16-5-4-15/h6H,5,7H2,1-3H3,(H,16,17). The fraction of sp³-hybridized carbons (Fsp3) is 0.385. The first-order valence-electron chi connectivity index (χ1n) is 6.00. The second kappa shape index (κ2) is 6.78. The molecular formula is C13H15ClN2O4S. The van der Waals surface area contributed by atoms with Gasteiger partial charge in [-0.15, -0.1) is 0 Å². The topological polar surface area (TPSA) is 96.3 Å². The van der Waals surface area contributed by atoms with Gasteiger partial charge in [0.25, 0.3) is 15.0 Å². The number of nitriles is 1. The average Bonchev–Trinajstić information content (AvgIpc) is 2.39. The van der Waals surface area contributed by atoms with Crippen LogP contribution in [0.2, 0.25) is 0 Å². The highest BCUT2D eigenvalue weighted by atomic mass is 35.7. The molecule has 0 aliphatic carbocycles. The Balaban J connectivity index is 3.04. The number of benzene rings is 1. The van der Waals surface area contributed by atoms with Gasteiger partial charge in [0.15, 0.2) is 6.61 Å². The number of hydrogen-bond acceptors (Lipinski definition) is 5. The van der Waals surface area contributed by atoms with Gasteiger partial charge in [0.1, 0.15) is 12.3 Å². The van der Waals surface area contributed by atoms with Gasteiger partial charge in [0, 0.05) is 10.7 Å². The summed E-state index contributed by atoms with van der Waals surface area (Å²) in [6, 6.07) is 3.19. The number of nitrogens with one attached hydrogen (secondary N) is 1. The molecule has 0 saturated carbocycles. The zero-order valence-corrected chi connectivity index (χ0v) is 13.4. The van der Waals surface area contributed by atoms with E-state index in [0.717, 1.165) is 0 Å². The van der Waals surface area contributed by atoms with Crippen molar-refractivity contribution in [2.45, 2.75) is 25.7 Å². The van der Waals surface area contributed by atoms with Crippen LogP contribution in [0.3, 0.4) is 0 Å². The van der Waals surface area contributed by atoms with Gasteiger partial charge < -0.3 is 10.1 Å². The van der Waals surface area contributed by atoms with E-state index >= 15 is 0 Å². The average molecular weight is 331 g/mol. The molecule has 0 radical (unpaired) electrons. The number of ether oxygens (including phenoxy) is 1. The van der Waals surface area contributed by atoms with Gasteiger partial charge >= 0.3 is 0 Å². The molecule has 0 heterocycles. The summed E-state index contributed by atoms with van der Waals surface area (Å²) >= 11 is 0. The maximum Gasteiger partial charge on any atom is 0.261 e. The Kier molecular flexibility index (Phi) is 5.58. The highest BCUT2D eigenvalue weighted by Crippen LogP contribution is 2.32. The zero-order valence-electron chi connectivity index (χ0n) is 11.9. The molecule has 0 unspecified atom stereocenters. The first-order chi connectivity index (χ1) is 9.68. The molecule has 0 aliphatic heterocycles. The molecule has 1 rings (SSSR count). The molecule has 0 spiro atoms. The fourth-order valence-electron chi connectivity index (χ4n) is 1.82. The second-order valence-corrected chi connectivity index (χ2v) is 6.97. The van der Waals surface area contributed by atoms with Crippen molar-refractivity contribution >= 4 is 25.6 Å². The van der Waals surface area contributed by atoms with Crippen molar-refractivity contribution in [2.75, 3.05) is 13.2 Å². The molecule has 0 bridgehead atoms. The minimum Gasteiger partial charge on any atom is -0.483 e. The van der Waals surface area contributed by atoms with E-state index in [0.29, 0.717) is 22.4 Å². The Morgan fingerprint density at radius 3 is 2.52 bits per heavy atom. The highest BCUT2D eigenvalue weighted by molar-refractivity contribution is 8.13. The fourth-order valence-corrected chi connectivity index (χ4v) is 3.14. The van der Waals surface area contributed by atoms with Crippen molar-refractivity contribution in [2.24, 2.45) is 0 Å². The van der Waals surface area contributed by atoms with Crippen LogP contribution in [-0.2, 0) is 13.8 Å². The molecule has 0 saturated heterocycles. The molecule has 1 aromatic rings. The molecule has 6 nitrogen and oxygen atoms in total. The van der Waals surface area contributed by atoms with Gasteiger partial charge in [0.2, 0.25) is 0 Å². The molecule has 0 aromatic heterocycles. The molecule has 21 heavy (non-hydrogen) atoms. The van der Waals surface area contributed by atoms with E-state index in [1.807, 2.05) is 0 Å². The predicted octanol–water partition coefficient (Wildman–Crippen LogP) is 1.56. The van der Waals surface area contributed by atoms with Gasteiger partial charge in [-0.2, -0.15) is 5.26 Å². The highest BCUT2D eigenvalue weighted by Gasteiger charge is 2.19. The molecule has 0 aliphatic rings. The summed E-state index contributed by atoms with van der Waals surface area (Å²) in [7, 11) is 1.54. The maximum absolute atomic E-state index is 11.5. The van der Waals surface area contributed by atoms with E-state index in [4.69, 9.17) is 20.7 Å². The van der Waals surface area contributed by atoms with Gasteiger partial charge in [-0.05, 0) is 43.5 Å². The van der Waals surface area contributed by atoms with Crippen LogP contribution >= 0.6 is 10.7 Å². The summed E-state index contributed by atoms with van der Waals surface area (Å²) in [5, 5.41) is 10.7. The van der Waals surface area contributed by atoms with Crippen LogP contribution in [0, 0.1) is 32.1 Å². The molecular weight excluding hydrogens is 316 g/mol. The normalized spacial score (nSPS) is 10.8. The lowest BCUT2D eigenvalue weighted by Crippen LogP contribution is -2.29. The van der Waals surface area contributed by atoms with E-state index < -0.39 is 15.0 Å². The van der Waals surface area contributed by atoms with Crippen LogP contribution in [0.1, 0.15) is 16.7 Å². The Morgan fingerprint density at radius 2 is 2.00 bits per heavy atom. The molecule has 8 heteroatoms. The lowest BCUT2D eigenvalue weighted by Gasteiger charge is -2.15. The lowest BCUT2D eigenvalue weighted by molar-refractivity contribution is -0.122. The third kappa shape index (κ3) is 4.34. The molecule has 1 N–H and O–H groups in total. The molecule has 114 valence electrons. The number of hydrogen-bond donors (Lipinski definition) is 1. The lowest BCUT2D eigenvalue weighted by atomic mass is 10.1. The molecule has 1 amide bonds. The Morgan fingerprint density at radius 1 is 1.38 bits per heavy atom. The summed E-state index contributed by atoms with van der Waals surface area (Å²) in [5.74, 6) is 0.00530. The van der Waals surface area contributed by atoms with Crippen LogP contribution in [0.4, 0.5) is 0 Å². The van der Waals surface area contributed by atoms with Gasteiger partial charge in [-0.25, -0.2) is 8.42 Å². The van der Waals surface area contributed by atoms with E-state index in [2.05, 4.69) is 5.32 Å². The van der Waals surface area contributed by atoms with Crippen LogP contribution < -0.4 is 10.1 Å². The molecule has 1 aromatic carbocycles. The first kappa shape index (κ1) is 17.3. The minimum absolute atomic E-state index is 0.0282. The minimum atomic E-state index is -3.84. The maximum atomic E-state index is 11.5. The summed E-state index contributed by atoms with van der Waals surface area (Å²) in [6.07, 6.45) is 0. The van der Waals surface area contributed by atoms with E-state index in [-0.39, 0.29) is 18.0 Å². The quantitative estimate of drug-likeness (QED) is 0.652. The van der Waals surface area contributed by atoms with Crippen LogP contribution in [0.15, 0.2) is 11.0 Å². The largest absolute Gasteiger partial charge is 0.483 e. The Hall–Kier alpha value is -1.78. The van der Waals surface area contributed by atoms with Crippen LogP contribution in [0.25, 0.3) is 0 Å². The number of halogens is 1. The SMILES string of the molecule is Cc1cc(S(=O)(=O)Cl)c(C)c(C)c1OCC(=O)NCC#N. The summed E-state index contributed by atoms with van der Waals surface area (Å²) in [5.41, 5.74) is 1.63. The van der Waals surface area contributed by atoms with Gasteiger partial charge in [-0.1, -0.05) is 0 Å². The molecule has 0 fully saturated rings. The predicted molar refractivity (Wildman–Crippen MR) is 77.8 cm³/mol. The van der Waals surface area contributed by atoms with E-state index in [1.54, 1.807) is 26.8 Å². The summed E-state index contributed by atoms with van der Waals surface area (Å²) in [6.45, 7) is 4.63. The van der Waals surface area contributed by atoms with Crippen molar-refractivity contribution in [3.8, 4) is 11.8 Å². The van der Waals surface area contributed by atoms with Crippen LogP contribution in [-0.4, -0.2) is 27.5 Å². The summed E-state index contributed by atoms with van der Waals surface area (Å²) < 4.78 is 28.4. The number of nitrogens with zero attached hydrogens (tertiary/aromatic N) is 1. The van der Waals surface area contributed by atoms with Crippen molar-refractivity contribution < 1.29 is 17.9 Å². The smallest absolute Gasteiger partial charge is 0.261 e. The Bertz CT molecular complexity index is 708. The first-order valence-corrected chi connectivity index (χ1v) is 8.31. The Labute approximate surface area is 128 Å². The number of rotatable bonds is 5. The van der Waals surface area contributed by atoms with E-state index in [9.17, 15) is 13.2 Å². The monoisotopic (exact) mass is 330 g/mol. The third-order valence-corrected chi connectivity index (χ3v) is 4.40. The second-order valence-electron chi connectivity index (χ2n) is 4.43. The number of carbonyl (C=O) groups excluding carboxylic acids is 1. The van der Waals surface area contributed by atoms with Gasteiger partial charge in [0.05, 0.1) is 11.0 Å². The number of carbonyl (C=O) groups is 1. The van der Waals surface area contributed by atoms with Crippen molar-refractivity contribution in [1.82, 2.24) is 5.32 Å². The number of aryl methyl sites for hydroxylation is 1. The van der Waals surface area contributed by atoms with E-state index in [1.165, 1.54) is 6.07 Å². The van der Waals surface area contributed by atoms with Crippen molar-refractivity contribution in [3.05, 3.63) is 22.8 Å². The van der Waals surface area contributed by atoms with Crippen molar-refractivity contribution in [3.63, 3.8) is 0 Å².